The van der Waals surface area contributed by atoms with Crippen molar-refractivity contribution in [3.8, 4) is 5.75 Å². The zero-order valence-electron chi connectivity index (χ0n) is 15.7. The first-order valence-corrected chi connectivity index (χ1v) is 9.33. The summed E-state index contributed by atoms with van der Waals surface area (Å²) >= 11 is 0. The average Bonchev–Trinajstić information content (AvgIpc) is 3.43. The Kier molecular flexibility index (Phi) is 5.42. The third-order valence-electron chi connectivity index (χ3n) is 4.56. The molecule has 0 saturated heterocycles. The van der Waals surface area contributed by atoms with Crippen molar-refractivity contribution in [2.75, 3.05) is 11.9 Å². The van der Waals surface area contributed by atoms with Gasteiger partial charge in [-0.15, -0.1) is 0 Å². The molecule has 2 amide bonds. The monoisotopic (exact) mass is 388 g/mol. The molecule has 146 valence electrons. The highest BCUT2D eigenvalue weighted by atomic mass is 16.5. The van der Waals surface area contributed by atoms with E-state index in [2.05, 4.69) is 10.6 Å². The number of benzene rings is 2. The van der Waals surface area contributed by atoms with Crippen LogP contribution in [-0.4, -0.2) is 18.4 Å². The second kappa shape index (κ2) is 8.48. The Morgan fingerprint density at radius 3 is 2.72 bits per heavy atom. The number of furan rings is 1. The predicted octanol–water partition coefficient (Wildman–Crippen LogP) is 3.80. The molecule has 1 aliphatic heterocycles. The van der Waals surface area contributed by atoms with Crippen molar-refractivity contribution in [3.05, 3.63) is 89.4 Å². The van der Waals surface area contributed by atoms with E-state index in [1.54, 1.807) is 30.3 Å². The summed E-state index contributed by atoms with van der Waals surface area (Å²) in [6.45, 7) is 1.11. The third kappa shape index (κ3) is 4.73. The summed E-state index contributed by atoms with van der Waals surface area (Å²) in [7, 11) is 0. The normalized spacial score (nSPS) is 12.4. The fourth-order valence-electron chi connectivity index (χ4n) is 3.04. The number of hydrogen-bond donors (Lipinski definition) is 2. The summed E-state index contributed by atoms with van der Waals surface area (Å²) in [6, 6.07) is 16.4. The second-order valence-electron chi connectivity index (χ2n) is 6.65. The Morgan fingerprint density at radius 2 is 1.93 bits per heavy atom. The van der Waals surface area contributed by atoms with Gasteiger partial charge in [-0.05, 0) is 59.2 Å². The van der Waals surface area contributed by atoms with E-state index in [9.17, 15) is 9.59 Å². The maximum atomic E-state index is 12.1. The minimum absolute atomic E-state index is 0.169. The van der Waals surface area contributed by atoms with Gasteiger partial charge < -0.3 is 19.8 Å². The number of fused-ring (bicyclic) bond motifs is 1. The van der Waals surface area contributed by atoms with Crippen LogP contribution in [0.15, 0.2) is 71.4 Å². The Balaban J connectivity index is 1.27. The maximum Gasteiger partial charge on any atom is 0.291 e. The molecule has 29 heavy (non-hydrogen) atoms. The molecule has 0 atom stereocenters. The lowest BCUT2D eigenvalue weighted by molar-refractivity contribution is -0.116. The lowest BCUT2D eigenvalue weighted by Crippen LogP contribution is -2.20. The van der Waals surface area contributed by atoms with Crippen LogP contribution in [-0.2, 0) is 17.8 Å². The number of hydrogen-bond acceptors (Lipinski definition) is 4. The van der Waals surface area contributed by atoms with Gasteiger partial charge in [0.1, 0.15) is 5.75 Å². The van der Waals surface area contributed by atoms with Gasteiger partial charge in [0.2, 0.25) is 5.91 Å². The average molecular weight is 388 g/mol. The van der Waals surface area contributed by atoms with E-state index in [0.717, 1.165) is 23.3 Å². The van der Waals surface area contributed by atoms with Gasteiger partial charge in [0.05, 0.1) is 12.9 Å². The number of nitrogens with one attached hydrogen (secondary N) is 2. The molecule has 2 aromatic carbocycles. The fourth-order valence-corrected chi connectivity index (χ4v) is 3.04. The van der Waals surface area contributed by atoms with Crippen molar-refractivity contribution in [1.82, 2.24) is 5.32 Å². The quantitative estimate of drug-likeness (QED) is 0.630. The van der Waals surface area contributed by atoms with Gasteiger partial charge >= 0.3 is 0 Å². The second-order valence-corrected chi connectivity index (χ2v) is 6.65. The molecule has 0 aliphatic carbocycles. The molecule has 0 unspecified atom stereocenters. The predicted molar refractivity (Wildman–Crippen MR) is 110 cm³/mol. The van der Waals surface area contributed by atoms with Crippen LogP contribution in [0.1, 0.15) is 27.2 Å². The number of rotatable bonds is 6. The zero-order valence-corrected chi connectivity index (χ0v) is 15.7. The highest BCUT2D eigenvalue weighted by Gasteiger charge is 2.11. The largest absolute Gasteiger partial charge is 0.493 e. The van der Waals surface area contributed by atoms with Crippen molar-refractivity contribution in [2.45, 2.75) is 13.0 Å². The molecule has 6 nitrogen and oxygen atoms in total. The third-order valence-corrected chi connectivity index (χ3v) is 4.56. The minimum atomic E-state index is -0.306. The summed E-state index contributed by atoms with van der Waals surface area (Å²) in [4.78, 5) is 24.0. The van der Waals surface area contributed by atoms with Crippen LogP contribution >= 0.6 is 0 Å². The summed E-state index contributed by atoms with van der Waals surface area (Å²) in [5.41, 5.74) is 3.73. The zero-order chi connectivity index (χ0) is 20.1. The molecule has 2 N–H and O–H groups in total. The van der Waals surface area contributed by atoms with Crippen LogP contribution in [0.3, 0.4) is 0 Å². The van der Waals surface area contributed by atoms with E-state index in [0.29, 0.717) is 18.8 Å². The number of ether oxygens (including phenoxy) is 1. The first-order valence-electron chi connectivity index (χ1n) is 9.33. The first kappa shape index (κ1) is 18.6. The van der Waals surface area contributed by atoms with Gasteiger partial charge in [-0.2, -0.15) is 0 Å². The van der Waals surface area contributed by atoms with Crippen molar-refractivity contribution < 1.29 is 18.7 Å². The van der Waals surface area contributed by atoms with Crippen LogP contribution < -0.4 is 15.4 Å². The van der Waals surface area contributed by atoms with Crippen LogP contribution in [0.25, 0.3) is 6.08 Å². The highest BCUT2D eigenvalue weighted by molar-refractivity contribution is 6.02. The standard InChI is InChI=1S/C23H20N2O4/c26-22(10-6-16-5-9-20-18(14-16)11-13-29-20)24-15-17-3-7-19(8-4-17)25-23(27)21-2-1-12-28-21/h1-10,12,14H,11,13,15H2,(H,24,26)(H,25,27)/b10-6+. The van der Waals surface area contributed by atoms with E-state index in [4.69, 9.17) is 9.15 Å². The number of anilines is 1. The topological polar surface area (TPSA) is 80.6 Å². The molecular weight excluding hydrogens is 368 g/mol. The molecule has 1 aliphatic rings. The van der Waals surface area contributed by atoms with E-state index in [-0.39, 0.29) is 17.6 Å². The van der Waals surface area contributed by atoms with Gasteiger partial charge in [0.15, 0.2) is 5.76 Å². The molecule has 4 rings (SSSR count). The van der Waals surface area contributed by atoms with Crippen LogP contribution in [0.4, 0.5) is 5.69 Å². The van der Waals surface area contributed by atoms with Crippen LogP contribution in [0.2, 0.25) is 0 Å². The van der Waals surface area contributed by atoms with Gasteiger partial charge in [0.25, 0.3) is 5.91 Å². The molecule has 3 aromatic rings. The summed E-state index contributed by atoms with van der Waals surface area (Å²) < 4.78 is 10.5. The van der Waals surface area contributed by atoms with Crippen molar-refractivity contribution >= 4 is 23.6 Å². The van der Waals surface area contributed by atoms with E-state index < -0.39 is 0 Å². The van der Waals surface area contributed by atoms with E-state index in [1.165, 1.54) is 17.9 Å². The summed E-state index contributed by atoms with van der Waals surface area (Å²) in [5, 5.41) is 5.60. The Hall–Kier alpha value is -3.80. The first-order chi connectivity index (χ1) is 14.2. The van der Waals surface area contributed by atoms with Crippen LogP contribution in [0.5, 0.6) is 5.75 Å². The molecule has 0 saturated carbocycles. The summed E-state index contributed by atoms with van der Waals surface area (Å²) in [6.07, 6.45) is 5.67. The molecule has 0 fully saturated rings. The minimum Gasteiger partial charge on any atom is -0.493 e. The van der Waals surface area contributed by atoms with Crippen molar-refractivity contribution in [1.29, 1.82) is 0 Å². The van der Waals surface area contributed by atoms with Gasteiger partial charge in [0, 0.05) is 24.7 Å². The Bertz CT molecular complexity index is 1040. The van der Waals surface area contributed by atoms with E-state index >= 15 is 0 Å². The van der Waals surface area contributed by atoms with E-state index in [1.807, 2.05) is 30.3 Å². The van der Waals surface area contributed by atoms with Crippen molar-refractivity contribution in [2.24, 2.45) is 0 Å². The lowest BCUT2D eigenvalue weighted by Gasteiger charge is -2.06. The molecule has 0 bridgehead atoms. The van der Waals surface area contributed by atoms with Crippen LogP contribution in [0, 0.1) is 0 Å². The SMILES string of the molecule is O=C(/C=C/c1ccc2c(c1)CCO2)NCc1ccc(NC(=O)c2ccco2)cc1. The number of amides is 2. The molecule has 1 aromatic heterocycles. The summed E-state index contributed by atoms with van der Waals surface area (Å²) in [5.74, 6) is 0.704. The van der Waals surface area contributed by atoms with Gasteiger partial charge in [-0.25, -0.2) is 0 Å². The fraction of sp³-hybridized carbons (Fsp3) is 0.130. The number of carbonyl (C=O) groups is 2. The number of carbonyl (C=O) groups excluding carboxylic acids is 2. The molecule has 2 heterocycles. The van der Waals surface area contributed by atoms with Gasteiger partial charge in [-0.1, -0.05) is 18.2 Å². The Morgan fingerprint density at radius 1 is 1.07 bits per heavy atom. The smallest absolute Gasteiger partial charge is 0.291 e. The Labute approximate surface area is 168 Å². The van der Waals surface area contributed by atoms with Gasteiger partial charge in [-0.3, -0.25) is 9.59 Å². The molecular formula is C23H20N2O4. The molecule has 0 spiro atoms. The maximum absolute atomic E-state index is 12.1. The molecule has 6 heteroatoms. The van der Waals surface area contributed by atoms with Crippen molar-refractivity contribution in [3.63, 3.8) is 0 Å². The molecule has 0 radical (unpaired) electrons. The lowest BCUT2D eigenvalue weighted by atomic mass is 10.1. The highest BCUT2D eigenvalue weighted by Crippen LogP contribution is 2.26.